The van der Waals surface area contributed by atoms with Crippen molar-refractivity contribution in [1.82, 2.24) is 0 Å². The molecule has 0 spiro atoms. The average Bonchev–Trinajstić information content (AvgIpc) is 2.13. The molecule has 7 N–H and O–H groups in total. The molecule has 0 aromatic rings. The lowest BCUT2D eigenvalue weighted by molar-refractivity contribution is -0.0490. The first-order valence-electron chi connectivity index (χ1n) is 4.62. The van der Waals surface area contributed by atoms with Crippen molar-refractivity contribution in [2.75, 3.05) is 13.3 Å². The Morgan fingerprint density at radius 2 is 1.88 bits per heavy atom. The van der Waals surface area contributed by atoms with Gasteiger partial charge >= 0.3 is 0 Å². The van der Waals surface area contributed by atoms with Gasteiger partial charge in [0.1, 0.15) is 0 Å². The Kier molecular flexibility index (Phi) is 4.65. The molecule has 0 aliphatic carbocycles. The number of nitrogens with zero attached hydrogens (tertiary/aromatic N) is 1. The lowest BCUT2D eigenvalue weighted by Gasteiger charge is -2.47. The Balaban J connectivity index is 5.59. The van der Waals surface area contributed by atoms with Crippen LogP contribution in [0, 0.1) is 11.3 Å². The van der Waals surface area contributed by atoms with E-state index in [1.54, 1.807) is 6.07 Å². The highest BCUT2D eigenvalue weighted by molar-refractivity contribution is 7.38. The van der Waals surface area contributed by atoms with Crippen LogP contribution in [0.3, 0.4) is 0 Å². The molecular weight excluding hydrogens is 231 g/mol. The van der Waals surface area contributed by atoms with Crippen LogP contribution in [-0.2, 0) is 9.09 Å². The quantitative estimate of drug-likeness (QED) is 0.350. The van der Waals surface area contributed by atoms with Crippen molar-refractivity contribution in [3.8, 4) is 6.07 Å². The summed E-state index contributed by atoms with van der Waals surface area (Å²) in [6, 6.07) is 1.66. The van der Waals surface area contributed by atoms with E-state index in [0.29, 0.717) is 0 Å². The second-order valence-electron chi connectivity index (χ2n) is 4.29. The molecule has 0 saturated heterocycles. The number of hydrogen-bond acceptors (Lipinski definition) is 7. The van der Waals surface area contributed by atoms with Crippen LogP contribution in [0.5, 0.6) is 0 Å². The van der Waals surface area contributed by atoms with Crippen LogP contribution in [0.1, 0.15) is 13.8 Å². The normalized spacial score (nSPS) is 21.6. The van der Waals surface area contributed by atoms with Crippen LogP contribution < -0.4 is 17.2 Å². The fraction of sp³-hybridized carbons (Fsp3) is 0.875. The summed E-state index contributed by atoms with van der Waals surface area (Å²) in [5.74, 6) is 0. The number of aliphatic hydroxyl groups is 1. The molecule has 94 valence electrons. The standard InChI is InChI=1S/C8H19N4O3P/c1-6(2,10)8(12,15-16(3)14)7(11,4-9)5-13/h13,16H,5,10-12H2,1-3H3. The van der Waals surface area contributed by atoms with E-state index >= 15 is 0 Å². The van der Waals surface area contributed by atoms with Crippen LogP contribution in [0.2, 0.25) is 0 Å². The highest BCUT2D eigenvalue weighted by Crippen LogP contribution is 2.36. The highest BCUT2D eigenvalue weighted by Gasteiger charge is 2.56. The summed E-state index contributed by atoms with van der Waals surface area (Å²) in [5.41, 5.74) is 12.2. The van der Waals surface area contributed by atoms with Gasteiger partial charge in [-0.1, -0.05) is 0 Å². The zero-order valence-electron chi connectivity index (χ0n) is 9.65. The summed E-state index contributed by atoms with van der Waals surface area (Å²) in [6.07, 6.45) is 0. The van der Waals surface area contributed by atoms with E-state index in [1.165, 1.54) is 20.5 Å². The number of hydrogen-bond donors (Lipinski definition) is 4. The number of aliphatic hydroxyl groups excluding tert-OH is 1. The van der Waals surface area contributed by atoms with Gasteiger partial charge in [-0.25, -0.2) is 0 Å². The van der Waals surface area contributed by atoms with E-state index < -0.39 is 31.4 Å². The van der Waals surface area contributed by atoms with Crippen molar-refractivity contribution in [2.24, 2.45) is 17.2 Å². The predicted octanol–water partition coefficient (Wildman–Crippen LogP) is -1.29. The zero-order chi connectivity index (χ0) is 13.2. The lowest BCUT2D eigenvalue weighted by Crippen LogP contribution is -2.78. The Labute approximate surface area is 95.4 Å². The summed E-state index contributed by atoms with van der Waals surface area (Å²) in [6.45, 7) is 3.50. The molecule has 0 bridgehead atoms. The van der Waals surface area contributed by atoms with Gasteiger partial charge in [-0.3, -0.25) is 10.3 Å². The fourth-order valence-electron chi connectivity index (χ4n) is 1.26. The Morgan fingerprint density at radius 3 is 2.06 bits per heavy atom. The Hall–Kier alpha value is -0.480. The largest absolute Gasteiger partial charge is 0.393 e. The first kappa shape index (κ1) is 15.5. The molecule has 7 nitrogen and oxygen atoms in total. The summed E-state index contributed by atoms with van der Waals surface area (Å²) in [5, 5.41) is 18.1. The molecule has 16 heavy (non-hydrogen) atoms. The number of nitriles is 1. The van der Waals surface area contributed by atoms with Crippen molar-refractivity contribution >= 4 is 8.03 Å². The molecule has 0 aliphatic heterocycles. The van der Waals surface area contributed by atoms with E-state index in [0.717, 1.165) is 0 Å². The van der Waals surface area contributed by atoms with Crippen molar-refractivity contribution in [1.29, 1.82) is 5.26 Å². The minimum atomic E-state index is -2.47. The molecule has 0 heterocycles. The summed E-state index contributed by atoms with van der Waals surface area (Å²) in [4.78, 5) is 0. The third-order valence-electron chi connectivity index (χ3n) is 2.37. The van der Waals surface area contributed by atoms with Gasteiger partial charge in [0.05, 0.1) is 18.2 Å². The smallest absolute Gasteiger partial charge is 0.190 e. The van der Waals surface area contributed by atoms with E-state index in [-0.39, 0.29) is 0 Å². The molecule has 0 radical (unpaired) electrons. The van der Waals surface area contributed by atoms with Crippen LogP contribution in [-0.4, -0.2) is 35.2 Å². The molecule has 0 fully saturated rings. The van der Waals surface area contributed by atoms with Gasteiger partial charge in [-0.05, 0) is 13.8 Å². The van der Waals surface area contributed by atoms with Crippen molar-refractivity contribution in [3.05, 3.63) is 0 Å². The average molecular weight is 250 g/mol. The molecule has 0 aromatic carbocycles. The molecule has 0 aromatic heterocycles. The maximum Gasteiger partial charge on any atom is 0.190 e. The maximum absolute atomic E-state index is 11.2. The third kappa shape index (κ3) is 2.61. The molecular formula is C8H19N4O3P. The molecule has 0 rings (SSSR count). The molecule has 0 aliphatic rings. The third-order valence-corrected chi connectivity index (χ3v) is 2.98. The first-order chi connectivity index (χ1) is 7.04. The van der Waals surface area contributed by atoms with Crippen molar-refractivity contribution in [3.63, 3.8) is 0 Å². The van der Waals surface area contributed by atoms with Gasteiger partial charge in [0.15, 0.2) is 19.3 Å². The Bertz CT molecular complexity index is 324. The van der Waals surface area contributed by atoms with E-state index in [4.69, 9.17) is 32.1 Å². The second-order valence-corrected chi connectivity index (χ2v) is 5.48. The molecule has 3 unspecified atom stereocenters. The second kappa shape index (κ2) is 4.80. The highest BCUT2D eigenvalue weighted by atomic mass is 31.1. The number of rotatable bonds is 5. The molecule has 8 heteroatoms. The molecule has 3 atom stereocenters. The SMILES string of the molecule is C[PH](=O)OC(N)(C(C)(C)N)C(N)(C#N)CO. The number of nitrogens with two attached hydrogens (primary N) is 3. The minimum absolute atomic E-state index is 0.754. The predicted molar refractivity (Wildman–Crippen MR) is 60.8 cm³/mol. The van der Waals surface area contributed by atoms with Gasteiger partial charge in [0, 0.05) is 6.66 Å². The summed E-state index contributed by atoms with van der Waals surface area (Å²) >= 11 is 0. The van der Waals surface area contributed by atoms with Crippen molar-refractivity contribution < 1.29 is 14.2 Å². The lowest BCUT2D eigenvalue weighted by atomic mass is 9.77. The Morgan fingerprint density at radius 1 is 1.44 bits per heavy atom. The molecule has 0 amide bonds. The van der Waals surface area contributed by atoms with Crippen LogP contribution in [0.15, 0.2) is 0 Å². The fourth-order valence-corrected chi connectivity index (χ4v) is 2.16. The van der Waals surface area contributed by atoms with Crippen LogP contribution in [0.25, 0.3) is 0 Å². The summed E-state index contributed by atoms with van der Waals surface area (Å²) < 4.78 is 16.2. The topological polar surface area (TPSA) is 148 Å². The van der Waals surface area contributed by atoms with Crippen LogP contribution >= 0.6 is 8.03 Å². The van der Waals surface area contributed by atoms with E-state index in [1.807, 2.05) is 0 Å². The van der Waals surface area contributed by atoms with Gasteiger partial charge in [-0.15, -0.1) is 0 Å². The summed E-state index contributed by atoms with van der Waals surface area (Å²) in [7, 11) is -2.47. The van der Waals surface area contributed by atoms with Gasteiger partial charge < -0.3 is 21.1 Å². The van der Waals surface area contributed by atoms with Crippen LogP contribution in [0.4, 0.5) is 0 Å². The maximum atomic E-state index is 11.2. The van der Waals surface area contributed by atoms with Gasteiger partial charge in [-0.2, -0.15) is 5.26 Å². The molecule has 0 saturated carbocycles. The first-order valence-corrected chi connectivity index (χ1v) is 6.44. The van der Waals surface area contributed by atoms with Crippen molar-refractivity contribution in [2.45, 2.75) is 30.7 Å². The van der Waals surface area contributed by atoms with E-state index in [9.17, 15) is 4.57 Å². The monoisotopic (exact) mass is 250 g/mol. The van der Waals surface area contributed by atoms with E-state index in [2.05, 4.69) is 0 Å². The van der Waals surface area contributed by atoms with Gasteiger partial charge in [0.25, 0.3) is 0 Å². The minimum Gasteiger partial charge on any atom is -0.393 e. The zero-order valence-corrected chi connectivity index (χ0v) is 10.7. The van der Waals surface area contributed by atoms with Gasteiger partial charge in [0.2, 0.25) is 0 Å².